The predicted molar refractivity (Wildman–Crippen MR) is 83.4 cm³/mol. The van der Waals surface area contributed by atoms with Crippen molar-refractivity contribution in [1.82, 2.24) is 25.5 Å². The van der Waals surface area contributed by atoms with Crippen LogP contribution in [0.1, 0.15) is 29.8 Å². The summed E-state index contributed by atoms with van der Waals surface area (Å²) in [5.41, 5.74) is 2.47. The normalized spacial score (nSPS) is 18.7. The minimum Gasteiger partial charge on any atom is -0.352 e. The Morgan fingerprint density at radius 2 is 2.39 bits per heavy atom. The van der Waals surface area contributed by atoms with Gasteiger partial charge in [-0.1, -0.05) is 16.4 Å². The van der Waals surface area contributed by atoms with Gasteiger partial charge in [-0.25, -0.2) is 4.63 Å². The molecule has 0 radical (unpaired) electrons. The van der Waals surface area contributed by atoms with Gasteiger partial charge in [0.1, 0.15) is 11.4 Å². The molecule has 1 aliphatic rings. The number of carbonyl (C=O) groups is 1. The van der Waals surface area contributed by atoms with Gasteiger partial charge in [0.25, 0.3) is 0 Å². The number of nitrogens with zero attached hydrogens (tertiary/aromatic N) is 4. The summed E-state index contributed by atoms with van der Waals surface area (Å²) in [4.78, 5) is 18.7. The van der Waals surface area contributed by atoms with E-state index >= 15 is 0 Å². The maximum atomic E-state index is 12.1. The first-order chi connectivity index (χ1) is 11.2. The summed E-state index contributed by atoms with van der Waals surface area (Å²) in [5.74, 6) is -0.0305. The molecule has 0 unspecified atom stereocenters. The van der Waals surface area contributed by atoms with E-state index in [1.807, 2.05) is 12.3 Å². The third-order valence-electron chi connectivity index (χ3n) is 4.07. The number of carbonyl (C=O) groups excluding carboxylic acids is 1. The quantitative estimate of drug-likeness (QED) is 0.889. The summed E-state index contributed by atoms with van der Waals surface area (Å²) in [5, 5.41) is 10.5. The van der Waals surface area contributed by atoms with Gasteiger partial charge in [0, 0.05) is 31.5 Å². The van der Waals surface area contributed by atoms with Gasteiger partial charge in [-0.2, -0.15) is 0 Å². The van der Waals surface area contributed by atoms with Gasteiger partial charge in [-0.3, -0.25) is 14.7 Å². The standard InChI is InChI=1S/C16H21N5O2/c1-12-15(20-23-19-12)8-16(22)18-14-5-3-7-21(11-14)10-13-4-2-6-17-9-13/h2,4,6,9,14H,3,5,7-8,10-11H2,1H3,(H,18,22)/t14-/m1/s1. The molecule has 0 aliphatic carbocycles. The van der Waals surface area contributed by atoms with Gasteiger partial charge in [-0.15, -0.1) is 0 Å². The van der Waals surface area contributed by atoms with Crippen molar-refractivity contribution in [2.75, 3.05) is 13.1 Å². The zero-order valence-electron chi connectivity index (χ0n) is 13.2. The summed E-state index contributed by atoms with van der Waals surface area (Å²) in [6.45, 7) is 4.56. The van der Waals surface area contributed by atoms with Crippen molar-refractivity contribution in [2.24, 2.45) is 0 Å². The first-order valence-electron chi connectivity index (χ1n) is 7.89. The summed E-state index contributed by atoms with van der Waals surface area (Å²) < 4.78 is 4.63. The molecule has 0 spiro atoms. The molecule has 1 saturated heterocycles. The second-order valence-corrected chi connectivity index (χ2v) is 5.98. The molecule has 1 aliphatic heterocycles. The van der Waals surface area contributed by atoms with Crippen LogP contribution in [0, 0.1) is 6.92 Å². The van der Waals surface area contributed by atoms with E-state index in [2.05, 4.69) is 36.2 Å². The lowest BCUT2D eigenvalue weighted by Crippen LogP contribution is -2.47. The van der Waals surface area contributed by atoms with Crippen LogP contribution >= 0.6 is 0 Å². The molecular weight excluding hydrogens is 294 g/mol. The Kier molecular flexibility index (Phi) is 4.97. The molecule has 7 nitrogen and oxygen atoms in total. The Bertz CT molecular complexity index is 643. The van der Waals surface area contributed by atoms with Crippen LogP contribution in [0.3, 0.4) is 0 Å². The van der Waals surface area contributed by atoms with Gasteiger partial charge < -0.3 is 5.32 Å². The van der Waals surface area contributed by atoms with E-state index in [0.29, 0.717) is 11.4 Å². The number of aromatic nitrogens is 3. The molecule has 0 bridgehead atoms. The molecule has 1 fully saturated rings. The van der Waals surface area contributed by atoms with Crippen molar-refractivity contribution < 1.29 is 9.42 Å². The maximum absolute atomic E-state index is 12.1. The third kappa shape index (κ3) is 4.35. The Labute approximate surface area is 135 Å². The minimum atomic E-state index is -0.0305. The molecule has 122 valence electrons. The molecule has 2 aromatic rings. The number of likely N-dealkylation sites (tertiary alicyclic amines) is 1. The van der Waals surface area contributed by atoms with Crippen LogP contribution in [0.15, 0.2) is 29.2 Å². The first-order valence-corrected chi connectivity index (χ1v) is 7.89. The molecular formula is C16H21N5O2. The number of piperidine rings is 1. The molecule has 23 heavy (non-hydrogen) atoms. The van der Waals surface area contributed by atoms with Crippen LogP contribution in [0.25, 0.3) is 0 Å². The van der Waals surface area contributed by atoms with Crippen LogP contribution in [-0.4, -0.2) is 45.2 Å². The molecule has 1 amide bonds. The molecule has 3 rings (SSSR count). The van der Waals surface area contributed by atoms with E-state index in [-0.39, 0.29) is 18.4 Å². The molecule has 7 heteroatoms. The molecule has 1 atom stereocenters. The highest BCUT2D eigenvalue weighted by atomic mass is 16.6. The van der Waals surface area contributed by atoms with Crippen molar-refractivity contribution in [2.45, 2.75) is 38.8 Å². The van der Waals surface area contributed by atoms with E-state index < -0.39 is 0 Å². The van der Waals surface area contributed by atoms with Crippen molar-refractivity contribution >= 4 is 5.91 Å². The van der Waals surface area contributed by atoms with Crippen LogP contribution in [0.5, 0.6) is 0 Å². The average Bonchev–Trinajstić information content (AvgIpc) is 2.93. The number of aryl methyl sites for hydroxylation is 1. The van der Waals surface area contributed by atoms with Crippen LogP contribution in [0.4, 0.5) is 0 Å². The molecule has 3 heterocycles. The fraction of sp³-hybridized carbons (Fsp3) is 0.500. The van der Waals surface area contributed by atoms with Crippen molar-refractivity contribution in [3.05, 3.63) is 41.5 Å². The second-order valence-electron chi connectivity index (χ2n) is 5.98. The van der Waals surface area contributed by atoms with Crippen molar-refractivity contribution in [3.63, 3.8) is 0 Å². The van der Waals surface area contributed by atoms with E-state index in [4.69, 9.17) is 0 Å². The minimum absolute atomic E-state index is 0.0305. The predicted octanol–water partition coefficient (Wildman–Crippen LogP) is 1.10. The van der Waals surface area contributed by atoms with E-state index in [1.54, 1.807) is 13.1 Å². The third-order valence-corrected chi connectivity index (χ3v) is 4.07. The largest absolute Gasteiger partial charge is 0.352 e. The Hall–Kier alpha value is -2.28. The monoisotopic (exact) mass is 315 g/mol. The second kappa shape index (κ2) is 7.32. The van der Waals surface area contributed by atoms with Gasteiger partial charge in [0.05, 0.1) is 6.42 Å². The molecule has 1 N–H and O–H groups in total. The van der Waals surface area contributed by atoms with E-state index in [0.717, 1.165) is 32.5 Å². The SMILES string of the molecule is Cc1nonc1CC(=O)N[C@@H]1CCCN(Cc2cccnc2)C1. The smallest absolute Gasteiger partial charge is 0.226 e. The van der Waals surface area contributed by atoms with Crippen molar-refractivity contribution in [3.8, 4) is 0 Å². The van der Waals surface area contributed by atoms with E-state index in [9.17, 15) is 4.79 Å². The van der Waals surface area contributed by atoms with Gasteiger partial charge in [-0.05, 0) is 37.9 Å². The van der Waals surface area contributed by atoms with Crippen LogP contribution in [-0.2, 0) is 17.8 Å². The summed E-state index contributed by atoms with van der Waals surface area (Å²) in [6.07, 6.45) is 5.97. The Balaban J connectivity index is 1.50. The molecule has 0 aromatic carbocycles. The first kappa shape index (κ1) is 15.6. The Morgan fingerprint density at radius 3 is 3.13 bits per heavy atom. The lowest BCUT2D eigenvalue weighted by Gasteiger charge is -2.33. The van der Waals surface area contributed by atoms with Gasteiger partial charge >= 0.3 is 0 Å². The highest BCUT2D eigenvalue weighted by molar-refractivity contribution is 5.78. The highest BCUT2D eigenvalue weighted by Gasteiger charge is 2.22. The number of hydrogen-bond donors (Lipinski definition) is 1. The maximum Gasteiger partial charge on any atom is 0.226 e. The average molecular weight is 315 g/mol. The summed E-state index contributed by atoms with van der Waals surface area (Å²) in [6, 6.07) is 4.20. The molecule has 0 saturated carbocycles. The lowest BCUT2D eigenvalue weighted by molar-refractivity contribution is -0.121. The van der Waals surface area contributed by atoms with Crippen LogP contribution < -0.4 is 5.32 Å². The lowest BCUT2D eigenvalue weighted by atomic mass is 10.0. The highest BCUT2D eigenvalue weighted by Crippen LogP contribution is 2.13. The fourth-order valence-corrected chi connectivity index (χ4v) is 2.91. The van der Waals surface area contributed by atoms with E-state index in [1.165, 1.54) is 5.56 Å². The van der Waals surface area contributed by atoms with Crippen molar-refractivity contribution in [1.29, 1.82) is 0 Å². The fourth-order valence-electron chi connectivity index (χ4n) is 2.91. The number of rotatable bonds is 5. The van der Waals surface area contributed by atoms with Crippen LogP contribution in [0.2, 0.25) is 0 Å². The number of hydrogen-bond acceptors (Lipinski definition) is 6. The summed E-state index contributed by atoms with van der Waals surface area (Å²) in [7, 11) is 0. The topological polar surface area (TPSA) is 84.1 Å². The Morgan fingerprint density at radius 1 is 1.48 bits per heavy atom. The van der Waals surface area contributed by atoms with Gasteiger partial charge in [0.2, 0.25) is 5.91 Å². The van der Waals surface area contributed by atoms with Gasteiger partial charge in [0.15, 0.2) is 0 Å². The molecule has 2 aromatic heterocycles. The zero-order valence-corrected chi connectivity index (χ0v) is 13.2. The number of nitrogens with one attached hydrogen (secondary N) is 1. The zero-order chi connectivity index (χ0) is 16.1. The number of amides is 1. The number of pyridine rings is 1. The summed E-state index contributed by atoms with van der Waals surface area (Å²) >= 11 is 0.